The van der Waals surface area contributed by atoms with E-state index in [4.69, 9.17) is 4.65 Å². The summed E-state index contributed by atoms with van der Waals surface area (Å²) in [5, 5.41) is 2.49. The van der Waals surface area contributed by atoms with Crippen molar-refractivity contribution >= 4 is 134 Å². The Morgan fingerprint density at radius 2 is 0.905 bits per heavy atom. The molecule has 8 heteroatoms. The minimum absolute atomic E-state index is 0.116. The standard InChI is InChI=1S/C66H43B2N4OSe/c74-65-43-61-56(42-57(65)68-54-38-37-48(39-53(54)52-31-15-20-36-64(52)73-68)72-58-33-17-13-29-50(58)51-30-14-18-34-59(51)72)67-55-32-16-19-35-60(55)70(46-25-9-3-10-26-46)62-40-49(41-63(66(62)67)71(61)47-27-11-4-12-28-47)69(44-21-5-1-6-22-44)45-23-7-2-8-24-45/h1-43H. The molecule has 11 aromatic carbocycles. The summed E-state index contributed by atoms with van der Waals surface area (Å²) in [6, 6.07) is 94.8. The van der Waals surface area contributed by atoms with Gasteiger partial charge in [-0.2, -0.15) is 0 Å². The molecule has 0 bridgehead atoms. The van der Waals surface area contributed by atoms with Crippen LogP contribution in [0.15, 0.2) is 261 Å². The fourth-order valence-corrected chi connectivity index (χ4v) is 12.8. The van der Waals surface area contributed by atoms with Crippen LogP contribution < -0.4 is 51.1 Å². The number of nitrogens with zero attached hydrogens (tertiary/aromatic N) is 4. The fraction of sp³-hybridized carbons (Fsp3) is 0. The number of para-hydroxylation sites is 8. The van der Waals surface area contributed by atoms with Crippen LogP contribution in [0.4, 0.5) is 51.2 Å². The first-order chi connectivity index (χ1) is 36.7. The second-order valence-corrected chi connectivity index (χ2v) is 20.2. The van der Waals surface area contributed by atoms with E-state index in [9.17, 15) is 0 Å². The number of benzene rings is 11. The quantitative estimate of drug-likeness (QED) is 0.149. The molecule has 5 nitrogen and oxygen atoms in total. The van der Waals surface area contributed by atoms with E-state index in [-0.39, 0.29) is 6.71 Å². The van der Waals surface area contributed by atoms with Crippen molar-refractivity contribution in [1.29, 1.82) is 0 Å². The topological polar surface area (TPSA) is 23.9 Å². The number of fused-ring (bicyclic) bond motifs is 10. The van der Waals surface area contributed by atoms with Gasteiger partial charge in [-0.05, 0) is 0 Å². The van der Waals surface area contributed by atoms with E-state index in [0.717, 1.165) is 83.6 Å². The molecule has 0 unspecified atom stereocenters. The summed E-state index contributed by atoms with van der Waals surface area (Å²) in [6.07, 6.45) is 0. The molecule has 0 spiro atoms. The predicted molar refractivity (Wildman–Crippen MR) is 312 cm³/mol. The Balaban J connectivity index is 0.976. The van der Waals surface area contributed by atoms with Crippen molar-refractivity contribution in [2.45, 2.75) is 0 Å². The predicted octanol–water partition coefficient (Wildman–Crippen LogP) is 12.3. The molecule has 0 N–H and O–H groups in total. The molecule has 3 aliphatic heterocycles. The Morgan fingerprint density at radius 3 is 1.55 bits per heavy atom. The molecule has 0 aliphatic carbocycles. The maximum atomic E-state index is 7.29. The van der Waals surface area contributed by atoms with Crippen molar-refractivity contribution < 1.29 is 4.65 Å². The molecule has 74 heavy (non-hydrogen) atoms. The van der Waals surface area contributed by atoms with Crippen LogP contribution in [0, 0.1) is 0 Å². The van der Waals surface area contributed by atoms with Crippen LogP contribution in [-0.4, -0.2) is 34.2 Å². The molecule has 345 valence electrons. The zero-order valence-corrected chi connectivity index (χ0v) is 41.8. The SMILES string of the molecule is [Se]c1cc2c(cc1B1Oc3ccccc3-c3cc(-n4c5ccccc5c5ccccc54)ccc31)B1c3ccccc3N(c3ccccc3)c3cc(N(c4ccccc4)c4ccccc4)cc(c31)N2c1ccccc1. The average Bonchev–Trinajstić information content (AvgIpc) is 3.87. The van der Waals surface area contributed by atoms with Gasteiger partial charge in [-0.15, -0.1) is 0 Å². The van der Waals surface area contributed by atoms with Gasteiger partial charge in [-0.3, -0.25) is 0 Å². The molecular formula is C66H43B2N4OSe. The van der Waals surface area contributed by atoms with Crippen molar-refractivity contribution in [1.82, 2.24) is 4.57 Å². The molecule has 0 saturated carbocycles. The van der Waals surface area contributed by atoms with Gasteiger partial charge in [-0.1, -0.05) is 0 Å². The number of hydrogen-bond acceptors (Lipinski definition) is 4. The van der Waals surface area contributed by atoms with Crippen molar-refractivity contribution in [3.8, 4) is 22.6 Å². The van der Waals surface area contributed by atoms with E-state index in [0.29, 0.717) is 0 Å². The molecule has 15 rings (SSSR count). The Hall–Kier alpha value is -8.93. The van der Waals surface area contributed by atoms with Gasteiger partial charge in [0.05, 0.1) is 0 Å². The van der Waals surface area contributed by atoms with E-state index in [2.05, 4.69) is 296 Å². The second kappa shape index (κ2) is 17.1. The summed E-state index contributed by atoms with van der Waals surface area (Å²) in [7, 11) is 0. The monoisotopic (exact) mass is 1010 g/mol. The van der Waals surface area contributed by atoms with Gasteiger partial charge in [-0.25, -0.2) is 0 Å². The second-order valence-electron chi connectivity index (χ2n) is 19.3. The summed E-state index contributed by atoms with van der Waals surface area (Å²) in [4.78, 5) is 7.36. The maximum absolute atomic E-state index is 7.29. The van der Waals surface area contributed by atoms with Crippen LogP contribution in [0.2, 0.25) is 0 Å². The summed E-state index contributed by atoms with van der Waals surface area (Å²) in [5.41, 5.74) is 21.7. The molecule has 0 fully saturated rings. The molecule has 3 aliphatic rings. The minimum atomic E-state index is -0.396. The number of anilines is 9. The first kappa shape index (κ1) is 42.7. The summed E-state index contributed by atoms with van der Waals surface area (Å²) < 4.78 is 10.7. The van der Waals surface area contributed by atoms with Crippen LogP contribution >= 0.6 is 0 Å². The molecule has 0 atom stereocenters. The van der Waals surface area contributed by atoms with Crippen molar-refractivity contribution in [2.24, 2.45) is 0 Å². The van der Waals surface area contributed by atoms with E-state index in [1.54, 1.807) is 0 Å². The molecule has 0 saturated heterocycles. The summed E-state index contributed by atoms with van der Waals surface area (Å²) in [5.74, 6) is 0.871. The van der Waals surface area contributed by atoms with Gasteiger partial charge >= 0.3 is 442 Å². The Kier molecular flexibility index (Phi) is 9.87. The van der Waals surface area contributed by atoms with Gasteiger partial charge in [0.2, 0.25) is 0 Å². The average molecular weight is 1010 g/mol. The Labute approximate surface area is 439 Å². The van der Waals surface area contributed by atoms with Gasteiger partial charge in [0.1, 0.15) is 0 Å². The zero-order chi connectivity index (χ0) is 48.9. The van der Waals surface area contributed by atoms with Crippen LogP contribution in [0.5, 0.6) is 5.75 Å². The number of rotatable bonds is 7. The van der Waals surface area contributed by atoms with Gasteiger partial charge in [0.15, 0.2) is 0 Å². The number of aromatic nitrogens is 1. The molecule has 1 aromatic heterocycles. The summed E-state index contributed by atoms with van der Waals surface area (Å²) in [6.45, 7) is -0.513. The molecule has 0 amide bonds. The van der Waals surface area contributed by atoms with Gasteiger partial charge in [0, 0.05) is 0 Å². The van der Waals surface area contributed by atoms with Crippen LogP contribution in [0.3, 0.4) is 0 Å². The van der Waals surface area contributed by atoms with E-state index in [1.165, 1.54) is 43.8 Å². The zero-order valence-electron chi connectivity index (χ0n) is 40.1. The summed E-state index contributed by atoms with van der Waals surface area (Å²) >= 11 is 3.59. The van der Waals surface area contributed by atoms with E-state index >= 15 is 0 Å². The van der Waals surface area contributed by atoms with Crippen molar-refractivity contribution in [3.05, 3.63) is 261 Å². The molecule has 1 radical (unpaired) electrons. The Morgan fingerprint density at radius 1 is 0.365 bits per heavy atom. The molecule has 4 heterocycles. The van der Waals surface area contributed by atoms with Crippen LogP contribution in [0.25, 0.3) is 38.6 Å². The van der Waals surface area contributed by atoms with E-state index < -0.39 is 6.92 Å². The van der Waals surface area contributed by atoms with Crippen LogP contribution in [0.1, 0.15) is 0 Å². The third-order valence-electron chi connectivity index (χ3n) is 15.3. The first-order valence-electron chi connectivity index (χ1n) is 25.3. The third kappa shape index (κ3) is 6.59. The molecular weight excluding hydrogens is 965 g/mol. The third-order valence-corrected chi connectivity index (χ3v) is 16.0. The van der Waals surface area contributed by atoms with Gasteiger partial charge in [0.25, 0.3) is 0 Å². The fourth-order valence-electron chi connectivity index (χ4n) is 12.2. The van der Waals surface area contributed by atoms with Gasteiger partial charge < -0.3 is 0 Å². The van der Waals surface area contributed by atoms with Crippen molar-refractivity contribution in [2.75, 3.05) is 14.7 Å². The van der Waals surface area contributed by atoms with Crippen molar-refractivity contribution in [3.63, 3.8) is 0 Å². The first-order valence-corrected chi connectivity index (χ1v) is 26.1. The van der Waals surface area contributed by atoms with Crippen LogP contribution in [-0.2, 0) is 0 Å². The normalized spacial score (nSPS) is 12.9. The van der Waals surface area contributed by atoms with E-state index in [1.807, 2.05) is 0 Å². The Bertz CT molecular complexity index is 4080. The molecule has 12 aromatic rings. The number of hydrogen-bond donors (Lipinski definition) is 0.